The highest BCUT2D eigenvalue weighted by Crippen LogP contribution is 1.95. The third-order valence-electron chi connectivity index (χ3n) is 0.597. The normalized spacial score (nSPS) is 12.8. The van der Waals surface area contributed by atoms with Crippen LogP contribution in [0, 0.1) is 5.41 Å². The lowest BCUT2D eigenvalue weighted by Gasteiger charge is -1.96. The van der Waals surface area contributed by atoms with Crippen molar-refractivity contribution in [3.8, 4) is 0 Å². The lowest BCUT2D eigenvalue weighted by molar-refractivity contribution is -0.135. The Kier molecular flexibility index (Phi) is 2.48. The Labute approximate surface area is 51.8 Å². The van der Waals surface area contributed by atoms with Crippen LogP contribution in [0.2, 0.25) is 0 Å². The van der Waals surface area contributed by atoms with Gasteiger partial charge in [-0.2, -0.15) is 0 Å². The molecule has 8 heavy (non-hydrogen) atoms. The third-order valence-corrected chi connectivity index (χ3v) is 1.11. The van der Waals surface area contributed by atoms with Crippen LogP contribution in [0.4, 0.5) is 0 Å². The Hall–Kier alpha value is -0.570. The molecule has 0 radical (unpaired) electrons. The smallest absolute Gasteiger partial charge is 0.327 e. The molecule has 0 fully saturated rings. The minimum Gasteiger partial charge on any atom is -0.480 e. The fourth-order valence-electron chi connectivity index (χ4n) is 0.185. The second-order valence-electron chi connectivity index (χ2n) is 1.38. The summed E-state index contributed by atoms with van der Waals surface area (Å²) in [5.74, 6) is -1.17. The maximum absolute atomic E-state index is 9.87. The van der Waals surface area contributed by atoms with Gasteiger partial charge >= 0.3 is 5.97 Å². The number of carbonyl (C=O) groups is 1. The van der Waals surface area contributed by atoms with E-state index >= 15 is 0 Å². The van der Waals surface area contributed by atoms with E-state index in [1.807, 2.05) is 0 Å². The summed E-state index contributed by atoms with van der Waals surface area (Å²) < 4.78 is 0. The molecule has 1 atom stereocenters. The van der Waals surface area contributed by atoms with Crippen molar-refractivity contribution in [3.63, 3.8) is 0 Å². The second-order valence-corrected chi connectivity index (χ2v) is 1.82. The molecule has 0 aliphatic rings. The van der Waals surface area contributed by atoms with Crippen molar-refractivity contribution in [1.29, 1.82) is 5.41 Å². The van der Waals surface area contributed by atoms with Crippen LogP contribution in [0.3, 0.4) is 0 Å². The summed E-state index contributed by atoms with van der Waals surface area (Å²) >= 11 is 5.13. The maximum atomic E-state index is 9.87. The molecule has 4 heteroatoms. The van der Waals surface area contributed by atoms with Crippen molar-refractivity contribution in [2.24, 2.45) is 0 Å². The Morgan fingerprint density at radius 1 is 1.88 bits per heavy atom. The Morgan fingerprint density at radius 3 is 2.25 bits per heavy atom. The van der Waals surface area contributed by atoms with E-state index in [2.05, 4.69) is 0 Å². The van der Waals surface area contributed by atoms with Gasteiger partial charge in [-0.1, -0.05) is 0 Å². The summed E-state index contributed by atoms with van der Waals surface area (Å²) in [5, 5.41) is 13.6. The Morgan fingerprint density at radius 2 is 2.25 bits per heavy atom. The molecular formula is C4H6ClNO2. The van der Waals surface area contributed by atoms with Gasteiger partial charge < -0.3 is 10.5 Å². The summed E-state index contributed by atoms with van der Waals surface area (Å²) in [4.78, 5) is 9.87. The fraction of sp³-hybridized carbons (Fsp3) is 0.500. The molecule has 0 rings (SSSR count). The van der Waals surface area contributed by atoms with E-state index < -0.39 is 11.3 Å². The van der Waals surface area contributed by atoms with E-state index in [1.54, 1.807) is 0 Å². The van der Waals surface area contributed by atoms with Crippen molar-refractivity contribution in [3.05, 3.63) is 0 Å². The van der Waals surface area contributed by atoms with E-state index in [0.29, 0.717) is 0 Å². The molecule has 0 aliphatic carbocycles. The average Bonchev–Trinajstić information content (AvgIpc) is 1.64. The third kappa shape index (κ3) is 1.93. The van der Waals surface area contributed by atoms with E-state index in [-0.39, 0.29) is 5.71 Å². The summed E-state index contributed by atoms with van der Waals surface area (Å²) in [6.45, 7) is 1.35. The number of nitrogens with one attached hydrogen (secondary N) is 1. The van der Waals surface area contributed by atoms with Crippen LogP contribution in [0.25, 0.3) is 0 Å². The highest BCUT2D eigenvalue weighted by atomic mass is 35.5. The van der Waals surface area contributed by atoms with Crippen molar-refractivity contribution < 1.29 is 9.90 Å². The van der Waals surface area contributed by atoms with Crippen LogP contribution in [-0.4, -0.2) is 22.2 Å². The van der Waals surface area contributed by atoms with E-state index in [0.717, 1.165) is 0 Å². The molecule has 3 nitrogen and oxygen atoms in total. The van der Waals surface area contributed by atoms with Gasteiger partial charge in [-0.05, 0) is 6.92 Å². The maximum Gasteiger partial charge on any atom is 0.327 e. The van der Waals surface area contributed by atoms with Crippen LogP contribution in [0.15, 0.2) is 0 Å². The first-order valence-electron chi connectivity index (χ1n) is 1.97. The number of carboxylic acids is 1. The number of halogens is 1. The van der Waals surface area contributed by atoms with Crippen molar-refractivity contribution in [1.82, 2.24) is 0 Å². The minimum absolute atomic E-state index is 0.0424. The van der Waals surface area contributed by atoms with Crippen LogP contribution in [0.1, 0.15) is 6.92 Å². The summed E-state index contributed by atoms with van der Waals surface area (Å²) in [7, 11) is 0. The van der Waals surface area contributed by atoms with Crippen molar-refractivity contribution >= 4 is 23.3 Å². The lowest BCUT2D eigenvalue weighted by atomic mass is 10.3. The number of alkyl halides is 1. The number of hydrogen-bond donors (Lipinski definition) is 2. The molecule has 0 aromatic rings. The van der Waals surface area contributed by atoms with Gasteiger partial charge in [-0.25, -0.2) is 0 Å². The highest BCUT2D eigenvalue weighted by Gasteiger charge is 2.14. The first-order valence-corrected chi connectivity index (χ1v) is 2.41. The fourth-order valence-corrected chi connectivity index (χ4v) is 0.185. The van der Waals surface area contributed by atoms with Gasteiger partial charge in [-0.15, -0.1) is 11.6 Å². The molecular weight excluding hydrogens is 130 g/mol. The van der Waals surface area contributed by atoms with Crippen LogP contribution in [0.5, 0.6) is 0 Å². The Balaban J connectivity index is 3.83. The van der Waals surface area contributed by atoms with Gasteiger partial charge in [0.05, 0.1) is 0 Å². The zero-order valence-electron chi connectivity index (χ0n) is 4.31. The molecule has 0 saturated heterocycles. The number of carboxylic acid groups (broad SMARTS) is 1. The van der Waals surface area contributed by atoms with Gasteiger partial charge in [0.2, 0.25) is 0 Å². The predicted molar refractivity (Wildman–Crippen MR) is 30.7 cm³/mol. The van der Waals surface area contributed by atoms with E-state index in [1.165, 1.54) is 6.92 Å². The molecule has 0 bridgehead atoms. The van der Waals surface area contributed by atoms with Gasteiger partial charge in [0.25, 0.3) is 0 Å². The van der Waals surface area contributed by atoms with Gasteiger partial charge in [0.15, 0.2) is 5.38 Å². The van der Waals surface area contributed by atoms with Crippen LogP contribution in [-0.2, 0) is 4.79 Å². The Bertz CT molecular complexity index is 109. The summed E-state index contributed by atoms with van der Waals surface area (Å²) in [6.07, 6.45) is 0. The van der Waals surface area contributed by atoms with Gasteiger partial charge in [0, 0.05) is 5.71 Å². The standard InChI is InChI=1S/C4H6ClNO2/c1-2(6)3(5)4(7)8/h3,6H,1H3,(H,7,8). The minimum atomic E-state index is -1.17. The van der Waals surface area contributed by atoms with Crippen LogP contribution >= 0.6 is 11.6 Å². The number of rotatable bonds is 2. The molecule has 0 heterocycles. The quantitative estimate of drug-likeness (QED) is 0.433. The molecule has 1 unspecified atom stereocenters. The molecule has 0 aliphatic heterocycles. The summed E-state index contributed by atoms with van der Waals surface area (Å²) in [5.41, 5.74) is -0.0424. The van der Waals surface area contributed by atoms with E-state index in [9.17, 15) is 4.79 Å². The molecule has 0 amide bonds. The molecule has 2 N–H and O–H groups in total. The van der Waals surface area contributed by atoms with E-state index in [4.69, 9.17) is 22.1 Å². The number of aliphatic carboxylic acids is 1. The highest BCUT2D eigenvalue weighted by molar-refractivity contribution is 6.40. The monoisotopic (exact) mass is 135 g/mol. The molecule has 0 spiro atoms. The zero-order valence-corrected chi connectivity index (χ0v) is 5.07. The zero-order chi connectivity index (χ0) is 6.73. The molecule has 0 aromatic carbocycles. The average molecular weight is 136 g/mol. The molecule has 0 saturated carbocycles. The molecule has 0 aromatic heterocycles. The SMILES string of the molecule is CC(=N)C(Cl)C(=O)O. The van der Waals surface area contributed by atoms with Gasteiger partial charge in [0.1, 0.15) is 0 Å². The largest absolute Gasteiger partial charge is 0.480 e. The topological polar surface area (TPSA) is 61.2 Å². The van der Waals surface area contributed by atoms with Crippen LogP contribution < -0.4 is 0 Å². The first-order chi connectivity index (χ1) is 3.55. The predicted octanol–water partition coefficient (Wildman–Crippen LogP) is 0.718. The lowest BCUT2D eigenvalue weighted by Crippen LogP contribution is -2.20. The van der Waals surface area contributed by atoms with Gasteiger partial charge in [-0.3, -0.25) is 4.79 Å². The first kappa shape index (κ1) is 7.43. The summed E-state index contributed by atoms with van der Waals surface area (Å²) in [6, 6.07) is 0. The van der Waals surface area contributed by atoms with Crippen molar-refractivity contribution in [2.75, 3.05) is 0 Å². The second kappa shape index (κ2) is 2.67. The molecule has 46 valence electrons. The number of hydrogen-bond acceptors (Lipinski definition) is 2. The van der Waals surface area contributed by atoms with Crippen molar-refractivity contribution in [2.45, 2.75) is 12.3 Å².